The van der Waals surface area contributed by atoms with Crippen LogP contribution in [0.1, 0.15) is 18.9 Å². The van der Waals surface area contributed by atoms with Crippen LogP contribution in [0.4, 0.5) is 0 Å². The van der Waals surface area contributed by atoms with Crippen molar-refractivity contribution in [2.45, 2.75) is 25.8 Å². The van der Waals surface area contributed by atoms with E-state index in [-0.39, 0.29) is 0 Å². The molecular weight excluding hydrogens is 172 g/mol. The predicted molar refractivity (Wildman–Crippen MR) is 58.9 cm³/mol. The monoisotopic (exact) mass is 188 g/mol. The van der Waals surface area contributed by atoms with Gasteiger partial charge in [0.1, 0.15) is 0 Å². The number of pyridine rings is 1. The Labute approximate surface area is 85.8 Å². The normalized spacial score (nSPS) is 11.6. The van der Waals surface area contributed by atoms with Crippen molar-refractivity contribution in [2.75, 3.05) is 7.05 Å². The lowest BCUT2D eigenvalue weighted by molar-refractivity contribution is 0.572. The lowest BCUT2D eigenvalue weighted by atomic mass is 10.1. The third-order valence-corrected chi connectivity index (χ3v) is 2.16. The van der Waals surface area contributed by atoms with E-state index in [0.717, 1.165) is 12.8 Å². The number of nitrogens with one attached hydrogen (secondary N) is 1. The Kier molecular flexibility index (Phi) is 4.74. The molecule has 1 aromatic heterocycles. The molecule has 0 fully saturated rings. The van der Waals surface area contributed by atoms with Crippen molar-refractivity contribution < 1.29 is 0 Å². The fourth-order valence-corrected chi connectivity index (χ4v) is 1.30. The van der Waals surface area contributed by atoms with E-state index < -0.39 is 0 Å². The number of aromatic nitrogens is 1. The minimum atomic E-state index is 0.435. The molecule has 0 saturated heterocycles. The van der Waals surface area contributed by atoms with E-state index in [0.29, 0.717) is 6.04 Å². The Hall–Kier alpha value is -1.33. The second-order valence-corrected chi connectivity index (χ2v) is 3.18. The number of nitrogens with zero attached hydrogens (tertiary/aromatic N) is 1. The summed E-state index contributed by atoms with van der Waals surface area (Å²) in [5, 5.41) is 3.26. The molecule has 0 radical (unpaired) electrons. The molecule has 1 unspecified atom stereocenters. The number of hydrogen-bond acceptors (Lipinski definition) is 2. The van der Waals surface area contributed by atoms with Crippen LogP contribution < -0.4 is 5.32 Å². The van der Waals surface area contributed by atoms with Crippen LogP contribution in [0, 0.1) is 11.8 Å². The molecular formula is C12H16N2. The first-order valence-corrected chi connectivity index (χ1v) is 4.82. The summed E-state index contributed by atoms with van der Waals surface area (Å²) in [4.78, 5) is 3.99. The molecule has 0 aliphatic rings. The molecule has 14 heavy (non-hydrogen) atoms. The maximum Gasteiger partial charge on any atom is 0.0270 e. The van der Waals surface area contributed by atoms with E-state index in [1.54, 1.807) is 0 Å². The van der Waals surface area contributed by atoms with Crippen molar-refractivity contribution in [3.63, 3.8) is 0 Å². The van der Waals surface area contributed by atoms with E-state index in [4.69, 9.17) is 0 Å². The highest BCUT2D eigenvalue weighted by atomic mass is 14.9. The molecule has 0 aliphatic heterocycles. The Bertz CT molecular complexity index is 308. The first kappa shape index (κ1) is 10.7. The van der Waals surface area contributed by atoms with Crippen LogP contribution in [-0.2, 0) is 6.42 Å². The van der Waals surface area contributed by atoms with Crippen LogP contribution in [-0.4, -0.2) is 18.1 Å². The highest BCUT2D eigenvalue weighted by Crippen LogP contribution is 2.03. The fourth-order valence-electron chi connectivity index (χ4n) is 1.30. The maximum absolute atomic E-state index is 3.99. The SMILES string of the molecule is CC#CCC(Cc1ccncc1)NC. The predicted octanol–water partition coefficient (Wildman–Crippen LogP) is 1.63. The van der Waals surface area contributed by atoms with Gasteiger partial charge in [-0.1, -0.05) is 0 Å². The zero-order chi connectivity index (χ0) is 10.2. The molecule has 2 heteroatoms. The van der Waals surface area contributed by atoms with Crippen LogP contribution in [0.5, 0.6) is 0 Å². The van der Waals surface area contributed by atoms with E-state index in [1.165, 1.54) is 5.56 Å². The number of hydrogen-bond donors (Lipinski definition) is 1. The minimum Gasteiger partial charge on any atom is -0.316 e. The highest BCUT2D eigenvalue weighted by Gasteiger charge is 2.04. The van der Waals surface area contributed by atoms with Gasteiger partial charge in [-0.3, -0.25) is 4.98 Å². The van der Waals surface area contributed by atoms with Gasteiger partial charge in [-0.05, 0) is 38.1 Å². The average Bonchev–Trinajstić information content (AvgIpc) is 2.25. The molecule has 0 bridgehead atoms. The first-order valence-electron chi connectivity index (χ1n) is 4.82. The van der Waals surface area contributed by atoms with Crippen molar-refractivity contribution in [3.05, 3.63) is 30.1 Å². The summed E-state index contributed by atoms with van der Waals surface area (Å²) < 4.78 is 0. The maximum atomic E-state index is 3.99. The smallest absolute Gasteiger partial charge is 0.0270 e. The minimum absolute atomic E-state index is 0.435. The van der Waals surface area contributed by atoms with Gasteiger partial charge in [-0.2, -0.15) is 0 Å². The summed E-state index contributed by atoms with van der Waals surface area (Å²) >= 11 is 0. The van der Waals surface area contributed by atoms with Crippen molar-refractivity contribution >= 4 is 0 Å². The van der Waals surface area contributed by atoms with Gasteiger partial charge < -0.3 is 5.32 Å². The topological polar surface area (TPSA) is 24.9 Å². The summed E-state index contributed by atoms with van der Waals surface area (Å²) in [6.45, 7) is 1.87. The van der Waals surface area contributed by atoms with Crippen molar-refractivity contribution in [3.8, 4) is 11.8 Å². The summed E-state index contributed by atoms with van der Waals surface area (Å²) in [6.07, 6.45) is 5.56. The highest BCUT2D eigenvalue weighted by molar-refractivity contribution is 5.12. The Morgan fingerprint density at radius 3 is 2.71 bits per heavy atom. The van der Waals surface area contributed by atoms with Gasteiger partial charge in [0, 0.05) is 24.9 Å². The van der Waals surface area contributed by atoms with Gasteiger partial charge in [0.15, 0.2) is 0 Å². The Morgan fingerprint density at radius 1 is 1.43 bits per heavy atom. The van der Waals surface area contributed by atoms with Gasteiger partial charge in [-0.15, -0.1) is 11.8 Å². The number of likely N-dealkylation sites (N-methyl/N-ethyl adjacent to an activating group) is 1. The average molecular weight is 188 g/mol. The molecule has 0 spiro atoms. The van der Waals surface area contributed by atoms with Gasteiger partial charge in [0.25, 0.3) is 0 Å². The third-order valence-electron chi connectivity index (χ3n) is 2.16. The van der Waals surface area contributed by atoms with Gasteiger partial charge >= 0.3 is 0 Å². The molecule has 1 rings (SSSR count). The quantitative estimate of drug-likeness (QED) is 0.726. The summed E-state index contributed by atoms with van der Waals surface area (Å²) in [7, 11) is 1.98. The second kappa shape index (κ2) is 6.17. The first-order chi connectivity index (χ1) is 6.86. The van der Waals surface area contributed by atoms with Crippen LogP contribution in [0.15, 0.2) is 24.5 Å². The van der Waals surface area contributed by atoms with E-state index in [2.05, 4.69) is 22.1 Å². The lowest BCUT2D eigenvalue weighted by Crippen LogP contribution is -2.26. The van der Waals surface area contributed by atoms with Gasteiger partial charge in [0.2, 0.25) is 0 Å². The summed E-state index contributed by atoms with van der Waals surface area (Å²) in [6, 6.07) is 4.53. The second-order valence-electron chi connectivity index (χ2n) is 3.18. The fraction of sp³-hybridized carbons (Fsp3) is 0.417. The molecule has 0 aliphatic carbocycles. The molecule has 1 aromatic rings. The van der Waals surface area contributed by atoms with Crippen LogP contribution in [0.25, 0.3) is 0 Å². The van der Waals surface area contributed by atoms with Crippen LogP contribution in [0.3, 0.4) is 0 Å². The molecule has 0 saturated carbocycles. The van der Waals surface area contributed by atoms with Gasteiger partial charge in [-0.25, -0.2) is 0 Å². The molecule has 2 nitrogen and oxygen atoms in total. The Morgan fingerprint density at radius 2 is 2.14 bits per heavy atom. The lowest BCUT2D eigenvalue weighted by Gasteiger charge is -2.12. The van der Waals surface area contributed by atoms with Crippen molar-refractivity contribution in [2.24, 2.45) is 0 Å². The van der Waals surface area contributed by atoms with E-state index >= 15 is 0 Å². The van der Waals surface area contributed by atoms with Gasteiger partial charge in [0.05, 0.1) is 0 Å². The molecule has 1 heterocycles. The van der Waals surface area contributed by atoms with E-state index in [1.807, 2.05) is 38.5 Å². The molecule has 0 aromatic carbocycles. The third kappa shape index (κ3) is 3.59. The molecule has 1 atom stereocenters. The number of rotatable bonds is 4. The van der Waals surface area contributed by atoms with Crippen LogP contribution >= 0.6 is 0 Å². The molecule has 74 valence electrons. The zero-order valence-corrected chi connectivity index (χ0v) is 8.75. The standard InChI is InChI=1S/C12H16N2/c1-3-4-5-12(13-2)10-11-6-8-14-9-7-11/h6-9,12-13H,5,10H2,1-2H3. The summed E-state index contributed by atoms with van der Waals surface area (Å²) in [5.74, 6) is 6.01. The summed E-state index contributed by atoms with van der Waals surface area (Å²) in [5.41, 5.74) is 1.30. The molecule has 0 amide bonds. The van der Waals surface area contributed by atoms with Crippen LogP contribution in [0.2, 0.25) is 0 Å². The molecule has 1 N–H and O–H groups in total. The Balaban J connectivity index is 2.51. The zero-order valence-electron chi connectivity index (χ0n) is 8.75. The van der Waals surface area contributed by atoms with Crippen molar-refractivity contribution in [1.29, 1.82) is 0 Å². The largest absolute Gasteiger partial charge is 0.316 e. The van der Waals surface area contributed by atoms with E-state index in [9.17, 15) is 0 Å². The van der Waals surface area contributed by atoms with Crippen molar-refractivity contribution in [1.82, 2.24) is 10.3 Å².